The fraction of sp³-hybridized carbons (Fsp3) is 0.385. The lowest BCUT2D eigenvalue weighted by atomic mass is 9.56. The molecule has 1 aliphatic rings. The topological polar surface area (TPSA) is 96.0 Å². The zero-order chi connectivity index (χ0) is 24.4. The first-order valence-electron chi connectivity index (χ1n) is 10.7. The summed E-state index contributed by atoms with van der Waals surface area (Å²) in [7, 11) is 2.51. The van der Waals surface area contributed by atoms with Crippen LogP contribution in [0, 0.1) is 5.41 Å². The van der Waals surface area contributed by atoms with Gasteiger partial charge >= 0.3 is 17.9 Å². The zero-order valence-electron chi connectivity index (χ0n) is 19.4. The number of carbonyl (C=O) groups excluding carboxylic acids is 4. The SMILES string of the molecule is CCOC(C)=O.COC(=O)C1(C(=O)OC)C(c2ccccc2)CC(=O)CC1c1ccccc1. The van der Waals surface area contributed by atoms with Crippen LogP contribution < -0.4 is 0 Å². The molecule has 0 heterocycles. The molecule has 7 heteroatoms. The molecule has 0 aliphatic heterocycles. The number of carbonyl (C=O) groups is 4. The van der Waals surface area contributed by atoms with Crippen LogP contribution in [0.2, 0.25) is 0 Å². The summed E-state index contributed by atoms with van der Waals surface area (Å²) in [4.78, 5) is 48.7. The summed E-state index contributed by atoms with van der Waals surface area (Å²) in [6, 6.07) is 18.3. The summed E-state index contributed by atoms with van der Waals surface area (Å²) >= 11 is 0. The van der Waals surface area contributed by atoms with E-state index in [4.69, 9.17) is 9.47 Å². The van der Waals surface area contributed by atoms with Gasteiger partial charge in [-0.1, -0.05) is 60.7 Å². The standard InChI is InChI=1S/C22H22O5.C4H8O2/c1-26-20(24)22(21(25)27-2)18(15-9-5-3-6-10-15)13-17(23)14-19(22)16-11-7-4-8-12-16;1-3-6-4(2)5/h3-12,18-19H,13-14H2,1-2H3;3H2,1-2H3. The van der Waals surface area contributed by atoms with E-state index in [1.165, 1.54) is 21.1 Å². The molecule has 0 aromatic heterocycles. The molecule has 176 valence electrons. The van der Waals surface area contributed by atoms with Crippen molar-refractivity contribution >= 4 is 23.7 Å². The lowest BCUT2D eigenvalue weighted by Crippen LogP contribution is -2.53. The van der Waals surface area contributed by atoms with Gasteiger partial charge in [-0.15, -0.1) is 0 Å². The van der Waals surface area contributed by atoms with Crippen LogP contribution in [-0.2, 0) is 33.4 Å². The van der Waals surface area contributed by atoms with Crippen molar-refractivity contribution in [2.45, 2.75) is 38.5 Å². The molecule has 0 bridgehead atoms. The number of ether oxygens (including phenoxy) is 3. The van der Waals surface area contributed by atoms with Gasteiger partial charge in [0.05, 0.1) is 20.8 Å². The van der Waals surface area contributed by atoms with Gasteiger partial charge in [-0.2, -0.15) is 0 Å². The second-order valence-electron chi connectivity index (χ2n) is 7.65. The Morgan fingerprint density at radius 3 is 1.48 bits per heavy atom. The van der Waals surface area contributed by atoms with Gasteiger partial charge in [0.1, 0.15) is 5.78 Å². The smallest absolute Gasteiger partial charge is 0.324 e. The van der Waals surface area contributed by atoms with E-state index in [2.05, 4.69) is 4.74 Å². The van der Waals surface area contributed by atoms with Crippen LogP contribution in [0.15, 0.2) is 60.7 Å². The highest BCUT2D eigenvalue weighted by molar-refractivity contribution is 6.05. The molecule has 0 amide bonds. The molecular formula is C26H30O7. The summed E-state index contributed by atoms with van der Waals surface area (Å²) in [5.41, 5.74) is -0.148. The Morgan fingerprint density at radius 1 is 0.818 bits per heavy atom. The molecule has 2 aromatic carbocycles. The van der Waals surface area contributed by atoms with Crippen molar-refractivity contribution in [2.24, 2.45) is 5.41 Å². The predicted molar refractivity (Wildman–Crippen MR) is 121 cm³/mol. The third-order valence-corrected chi connectivity index (χ3v) is 5.76. The van der Waals surface area contributed by atoms with E-state index in [0.29, 0.717) is 6.61 Å². The van der Waals surface area contributed by atoms with E-state index in [1.807, 2.05) is 60.7 Å². The molecule has 2 atom stereocenters. The van der Waals surface area contributed by atoms with Crippen LogP contribution in [0.5, 0.6) is 0 Å². The van der Waals surface area contributed by atoms with Crippen molar-refractivity contribution in [3.05, 3.63) is 71.8 Å². The van der Waals surface area contributed by atoms with Gasteiger partial charge in [-0.05, 0) is 18.1 Å². The Hall–Kier alpha value is -3.48. The van der Waals surface area contributed by atoms with Crippen LogP contribution in [0.25, 0.3) is 0 Å². The van der Waals surface area contributed by atoms with Gasteiger partial charge in [0.2, 0.25) is 0 Å². The van der Waals surface area contributed by atoms with Crippen LogP contribution >= 0.6 is 0 Å². The summed E-state index contributed by atoms with van der Waals surface area (Å²) in [5.74, 6) is -2.89. The first kappa shape index (κ1) is 25.8. The Balaban J connectivity index is 0.000000569. The lowest BCUT2D eigenvalue weighted by molar-refractivity contribution is -0.176. The third-order valence-electron chi connectivity index (χ3n) is 5.76. The Labute approximate surface area is 194 Å². The molecule has 0 spiro atoms. The minimum absolute atomic E-state index is 0.00105. The van der Waals surface area contributed by atoms with Gasteiger partial charge in [-0.3, -0.25) is 19.2 Å². The van der Waals surface area contributed by atoms with Gasteiger partial charge in [0, 0.05) is 31.6 Å². The molecule has 3 rings (SSSR count). The summed E-state index contributed by atoms with van der Waals surface area (Å²) in [6.45, 7) is 3.65. The molecule has 0 saturated heterocycles. The maximum Gasteiger partial charge on any atom is 0.324 e. The monoisotopic (exact) mass is 454 g/mol. The second-order valence-corrected chi connectivity index (χ2v) is 7.65. The summed E-state index contributed by atoms with van der Waals surface area (Å²) < 4.78 is 14.6. The number of Topliss-reactive ketones (excluding diaryl/α,β-unsaturated/α-hetero) is 1. The van der Waals surface area contributed by atoms with E-state index >= 15 is 0 Å². The van der Waals surface area contributed by atoms with Crippen molar-refractivity contribution in [3.8, 4) is 0 Å². The minimum atomic E-state index is -1.62. The van der Waals surface area contributed by atoms with Gasteiger partial charge < -0.3 is 14.2 Å². The fourth-order valence-corrected chi connectivity index (χ4v) is 4.43. The molecule has 0 radical (unpaired) electrons. The van der Waals surface area contributed by atoms with Crippen molar-refractivity contribution in [2.75, 3.05) is 20.8 Å². The lowest BCUT2D eigenvalue weighted by Gasteiger charge is -2.44. The highest BCUT2D eigenvalue weighted by Crippen LogP contribution is 2.55. The molecule has 33 heavy (non-hydrogen) atoms. The fourth-order valence-electron chi connectivity index (χ4n) is 4.43. The molecule has 1 fully saturated rings. The van der Waals surface area contributed by atoms with Crippen molar-refractivity contribution < 1.29 is 33.4 Å². The van der Waals surface area contributed by atoms with E-state index in [1.54, 1.807) is 6.92 Å². The Kier molecular flexibility index (Phi) is 9.33. The third kappa shape index (κ3) is 5.66. The average Bonchev–Trinajstić information content (AvgIpc) is 2.84. The first-order valence-corrected chi connectivity index (χ1v) is 10.7. The highest BCUT2D eigenvalue weighted by atomic mass is 16.5. The Bertz CT molecular complexity index is 884. The number of rotatable bonds is 5. The molecule has 2 aromatic rings. The quantitative estimate of drug-likeness (QED) is 0.385. The van der Waals surface area contributed by atoms with E-state index in [-0.39, 0.29) is 24.6 Å². The van der Waals surface area contributed by atoms with Gasteiger partial charge in [0.25, 0.3) is 0 Å². The number of hydrogen-bond donors (Lipinski definition) is 0. The van der Waals surface area contributed by atoms with E-state index in [0.717, 1.165) is 11.1 Å². The maximum absolute atomic E-state index is 13.1. The summed E-state index contributed by atoms with van der Waals surface area (Å²) in [5, 5.41) is 0. The molecule has 7 nitrogen and oxygen atoms in total. The van der Waals surface area contributed by atoms with E-state index in [9.17, 15) is 19.2 Å². The predicted octanol–water partition coefficient (Wildman–Crippen LogP) is 3.82. The van der Waals surface area contributed by atoms with Crippen LogP contribution in [0.3, 0.4) is 0 Å². The number of esters is 3. The minimum Gasteiger partial charge on any atom is -0.468 e. The maximum atomic E-state index is 13.1. The first-order chi connectivity index (χ1) is 15.8. The number of benzene rings is 2. The number of ketones is 1. The van der Waals surface area contributed by atoms with Gasteiger partial charge in [0.15, 0.2) is 5.41 Å². The highest BCUT2D eigenvalue weighted by Gasteiger charge is 2.63. The molecular weight excluding hydrogens is 424 g/mol. The average molecular weight is 455 g/mol. The molecule has 0 N–H and O–H groups in total. The van der Waals surface area contributed by atoms with Gasteiger partial charge in [-0.25, -0.2) is 0 Å². The molecule has 1 aliphatic carbocycles. The zero-order valence-corrected chi connectivity index (χ0v) is 19.4. The molecule has 1 saturated carbocycles. The van der Waals surface area contributed by atoms with Crippen LogP contribution in [0.4, 0.5) is 0 Å². The molecule has 2 unspecified atom stereocenters. The van der Waals surface area contributed by atoms with Crippen LogP contribution in [0.1, 0.15) is 49.7 Å². The van der Waals surface area contributed by atoms with Crippen molar-refractivity contribution in [1.82, 2.24) is 0 Å². The normalized spacial score (nSPS) is 18.8. The number of methoxy groups -OCH3 is 2. The number of hydrogen-bond acceptors (Lipinski definition) is 7. The Morgan fingerprint density at radius 2 is 1.21 bits per heavy atom. The van der Waals surface area contributed by atoms with Crippen molar-refractivity contribution in [3.63, 3.8) is 0 Å². The summed E-state index contributed by atoms with van der Waals surface area (Å²) in [6.07, 6.45) is 0.162. The largest absolute Gasteiger partial charge is 0.468 e. The van der Waals surface area contributed by atoms with Crippen molar-refractivity contribution in [1.29, 1.82) is 0 Å². The van der Waals surface area contributed by atoms with E-state index < -0.39 is 29.2 Å². The van der Waals surface area contributed by atoms with Crippen LogP contribution in [-0.4, -0.2) is 44.5 Å². The second kappa shape index (κ2) is 11.9.